The van der Waals surface area contributed by atoms with Crippen molar-refractivity contribution in [2.24, 2.45) is 0 Å². The Morgan fingerprint density at radius 3 is 2.19 bits per heavy atom. The Morgan fingerprint density at radius 2 is 1.50 bits per heavy atom. The molecular formula is C21H17Cl2NOS. The van der Waals surface area contributed by atoms with Gasteiger partial charge in [0.1, 0.15) is 0 Å². The maximum atomic E-state index is 12.7. The van der Waals surface area contributed by atoms with Gasteiger partial charge in [-0.2, -0.15) is 0 Å². The second kappa shape index (κ2) is 8.63. The molecule has 1 N–H and O–H groups in total. The molecule has 0 aliphatic rings. The van der Waals surface area contributed by atoms with Crippen LogP contribution < -0.4 is 5.32 Å². The smallest absolute Gasteiger partial charge is 0.237 e. The van der Waals surface area contributed by atoms with E-state index in [1.54, 1.807) is 18.2 Å². The van der Waals surface area contributed by atoms with Crippen LogP contribution in [-0.2, 0) is 4.79 Å². The number of hydrogen-bond acceptors (Lipinski definition) is 2. The number of halogens is 2. The summed E-state index contributed by atoms with van der Waals surface area (Å²) in [7, 11) is 0. The maximum absolute atomic E-state index is 12.7. The number of amides is 1. The fraction of sp³-hybridized carbons (Fsp3) is 0.0952. The number of benzene rings is 3. The fourth-order valence-corrected chi connectivity index (χ4v) is 4.07. The first-order chi connectivity index (χ1) is 12.6. The lowest BCUT2D eigenvalue weighted by Gasteiger charge is -2.16. The highest BCUT2D eigenvalue weighted by atomic mass is 35.5. The van der Waals surface area contributed by atoms with E-state index >= 15 is 0 Å². The van der Waals surface area contributed by atoms with E-state index in [1.807, 2.05) is 61.5 Å². The van der Waals surface area contributed by atoms with Crippen molar-refractivity contribution in [1.82, 2.24) is 0 Å². The lowest BCUT2D eigenvalue weighted by molar-refractivity contribution is -0.115. The predicted octanol–water partition coefficient (Wildman–Crippen LogP) is 6.78. The average molecular weight is 402 g/mol. The van der Waals surface area contributed by atoms with Gasteiger partial charge in [0, 0.05) is 16.1 Å². The molecule has 0 aromatic heterocycles. The standard InChI is InChI=1S/C21H17Cl2NOS/c1-14(26-20-17(22)11-7-12-18(20)23)21(25)24-19-13-6-5-10-16(19)15-8-3-2-4-9-15/h2-14H,1H3,(H,24,25)/t14-/m1/s1. The molecule has 3 rings (SSSR count). The van der Waals surface area contributed by atoms with Crippen molar-refractivity contribution < 1.29 is 4.79 Å². The van der Waals surface area contributed by atoms with Crippen molar-refractivity contribution in [2.75, 3.05) is 5.32 Å². The zero-order chi connectivity index (χ0) is 18.5. The quantitative estimate of drug-likeness (QED) is 0.477. The summed E-state index contributed by atoms with van der Waals surface area (Å²) in [6.07, 6.45) is 0. The summed E-state index contributed by atoms with van der Waals surface area (Å²) in [4.78, 5) is 13.4. The number of hydrogen-bond donors (Lipinski definition) is 1. The molecule has 0 spiro atoms. The van der Waals surface area contributed by atoms with E-state index in [2.05, 4.69) is 5.32 Å². The molecule has 132 valence electrons. The van der Waals surface area contributed by atoms with Crippen molar-refractivity contribution in [3.63, 3.8) is 0 Å². The van der Waals surface area contributed by atoms with Gasteiger partial charge in [-0.1, -0.05) is 77.8 Å². The third-order valence-corrected chi connectivity index (χ3v) is 5.95. The lowest BCUT2D eigenvalue weighted by Crippen LogP contribution is -2.22. The SMILES string of the molecule is C[C@@H](Sc1c(Cl)cccc1Cl)C(=O)Nc1ccccc1-c1ccccc1. The van der Waals surface area contributed by atoms with Crippen LogP contribution in [-0.4, -0.2) is 11.2 Å². The number of nitrogens with one attached hydrogen (secondary N) is 1. The first-order valence-electron chi connectivity index (χ1n) is 8.12. The molecule has 0 radical (unpaired) electrons. The minimum Gasteiger partial charge on any atom is -0.325 e. The van der Waals surface area contributed by atoms with Crippen molar-refractivity contribution in [2.45, 2.75) is 17.1 Å². The Bertz CT molecular complexity index is 895. The number of carbonyl (C=O) groups is 1. The van der Waals surface area contributed by atoms with E-state index in [4.69, 9.17) is 23.2 Å². The molecule has 0 saturated heterocycles. The van der Waals surface area contributed by atoms with Gasteiger partial charge in [0.15, 0.2) is 0 Å². The van der Waals surface area contributed by atoms with E-state index in [0.717, 1.165) is 21.7 Å². The van der Waals surface area contributed by atoms with E-state index in [0.29, 0.717) is 10.0 Å². The second-order valence-electron chi connectivity index (χ2n) is 5.71. The van der Waals surface area contributed by atoms with E-state index in [9.17, 15) is 4.79 Å². The van der Waals surface area contributed by atoms with Crippen LogP contribution >= 0.6 is 35.0 Å². The lowest BCUT2D eigenvalue weighted by atomic mass is 10.0. The molecule has 2 nitrogen and oxygen atoms in total. The van der Waals surface area contributed by atoms with Crippen LogP contribution in [0.25, 0.3) is 11.1 Å². The molecule has 1 atom stereocenters. The van der Waals surface area contributed by atoms with Gasteiger partial charge in [0.2, 0.25) is 5.91 Å². The number of thioether (sulfide) groups is 1. The normalized spacial score (nSPS) is 11.8. The zero-order valence-electron chi connectivity index (χ0n) is 14.1. The maximum Gasteiger partial charge on any atom is 0.237 e. The van der Waals surface area contributed by atoms with E-state index < -0.39 is 0 Å². The molecular weight excluding hydrogens is 385 g/mol. The minimum absolute atomic E-state index is 0.102. The van der Waals surface area contributed by atoms with Gasteiger partial charge in [-0.15, -0.1) is 11.8 Å². The summed E-state index contributed by atoms with van der Waals surface area (Å²) in [5.41, 5.74) is 2.81. The number of carbonyl (C=O) groups excluding carboxylic acids is 1. The third kappa shape index (κ3) is 4.42. The van der Waals surface area contributed by atoms with Gasteiger partial charge in [0.05, 0.1) is 15.3 Å². The van der Waals surface area contributed by atoms with Gasteiger partial charge in [-0.3, -0.25) is 4.79 Å². The highest BCUT2D eigenvalue weighted by Crippen LogP contribution is 2.37. The summed E-state index contributed by atoms with van der Waals surface area (Å²) in [5, 5.41) is 3.77. The largest absolute Gasteiger partial charge is 0.325 e. The molecule has 3 aromatic rings. The van der Waals surface area contributed by atoms with Crippen LogP contribution in [0.15, 0.2) is 77.7 Å². The number of anilines is 1. The molecule has 0 aliphatic heterocycles. The van der Waals surface area contributed by atoms with Crippen molar-refractivity contribution in [3.8, 4) is 11.1 Å². The molecule has 1 amide bonds. The molecule has 0 saturated carbocycles. The number of para-hydroxylation sites is 1. The molecule has 26 heavy (non-hydrogen) atoms. The van der Waals surface area contributed by atoms with Gasteiger partial charge in [-0.05, 0) is 30.7 Å². The Kier molecular flexibility index (Phi) is 6.25. The average Bonchev–Trinajstić information content (AvgIpc) is 2.66. The first kappa shape index (κ1) is 18.8. The van der Waals surface area contributed by atoms with Gasteiger partial charge in [0.25, 0.3) is 0 Å². The van der Waals surface area contributed by atoms with Crippen LogP contribution in [0.5, 0.6) is 0 Å². The van der Waals surface area contributed by atoms with Crippen molar-refractivity contribution in [1.29, 1.82) is 0 Å². The summed E-state index contributed by atoms with van der Waals surface area (Å²) in [6.45, 7) is 1.84. The van der Waals surface area contributed by atoms with Crippen LogP contribution in [0.1, 0.15) is 6.92 Å². The van der Waals surface area contributed by atoms with Crippen molar-refractivity contribution >= 4 is 46.6 Å². The Morgan fingerprint density at radius 1 is 0.885 bits per heavy atom. The topological polar surface area (TPSA) is 29.1 Å². The van der Waals surface area contributed by atoms with Crippen LogP contribution in [0.2, 0.25) is 10.0 Å². The summed E-state index contributed by atoms with van der Waals surface area (Å²) >= 11 is 13.8. The number of rotatable bonds is 5. The fourth-order valence-electron chi connectivity index (χ4n) is 2.52. The van der Waals surface area contributed by atoms with E-state index in [1.165, 1.54) is 11.8 Å². The summed E-state index contributed by atoms with van der Waals surface area (Å²) in [6, 6.07) is 23.1. The predicted molar refractivity (Wildman–Crippen MR) is 112 cm³/mol. The molecule has 5 heteroatoms. The molecule has 0 heterocycles. The van der Waals surface area contributed by atoms with Gasteiger partial charge < -0.3 is 5.32 Å². The van der Waals surface area contributed by atoms with Crippen LogP contribution in [0, 0.1) is 0 Å². The second-order valence-corrected chi connectivity index (χ2v) is 7.88. The molecule has 0 bridgehead atoms. The highest BCUT2D eigenvalue weighted by Gasteiger charge is 2.19. The van der Waals surface area contributed by atoms with Crippen molar-refractivity contribution in [3.05, 3.63) is 82.8 Å². The molecule has 3 aromatic carbocycles. The van der Waals surface area contributed by atoms with Gasteiger partial charge >= 0.3 is 0 Å². The van der Waals surface area contributed by atoms with E-state index in [-0.39, 0.29) is 11.2 Å². The molecule has 0 fully saturated rings. The summed E-state index contributed by atoms with van der Waals surface area (Å²) in [5.74, 6) is -0.102. The Labute approximate surface area is 167 Å². The van der Waals surface area contributed by atoms with Crippen LogP contribution in [0.4, 0.5) is 5.69 Å². The first-order valence-corrected chi connectivity index (χ1v) is 9.76. The highest BCUT2D eigenvalue weighted by molar-refractivity contribution is 8.00. The Hall–Kier alpha value is -1.94. The Balaban J connectivity index is 1.78. The van der Waals surface area contributed by atoms with Gasteiger partial charge in [-0.25, -0.2) is 0 Å². The summed E-state index contributed by atoms with van der Waals surface area (Å²) < 4.78 is 0. The minimum atomic E-state index is -0.351. The third-order valence-electron chi connectivity index (χ3n) is 3.85. The van der Waals surface area contributed by atoms with Crippen LogP contribution in [0.3, 0.4) is 0 Å². The molecule has 0 unspecified atom stereocenters. The monoisotopic (exact) mass is 401 g/mol. The zero-order valence-corrected chi connectivity index (χ0v) is 16.4. The molecule has 0 aliphatic carbocycles.